The number of aromatic amines is 1. The number of rotatable bonds is 4. The molecule has 0 fully saturated rings. The van der Waals surface area contributed by atoms with Gasteiger partial charge in [-0.25, -0.2) is 4.98 Å². The van der Waals surface area contributed by atoms with Gasteiger partial charge >= 0.3 is 0 Å². The number of hydrogen-bond donors (Lipinski definition) is 1. The minimum Gasteiger partial charge on any atom is -0.329 e. The number of carbonyl (C=O) groups excluding carboxylic acids is 1. The molecule has 0 aliphatic carbocycles. The molecule has 0 aliphatic rings. The quantitative estimate of drug-likeness (QED) is 0.594. The van der Waals surface area contributed by atoms with E-state index in [4.69, 9.17) is 0 Å². The van der Waals surface area contributed by atoms with Crippen LogP contribution in [0.2, 0.25) is 0 Å². The molecule has 2 aromatic carbocycles. The van der Waals surface area contributed by atoms with Crippen molar-refractivity contribution in [3.05, 3.63) is 82.5 Å². The number of para-hydroxylation sites is 2. The molecule has 0 spiro atoms. The molecular weight excluding hydrogens is 352 g/mol. The number of hydrogen-bond acceptors (Lipinski definition) is 4. The first-order valence-electron chi connectivity index (χ1n) is 9.17. The number of carbonyl (C=O) groups is 1. The Hall–Kier alpha value is -3.54. The number of amides is 1. The molecule has 28 heavy (non-hydrogen) atoms. The van der Waals surface area contributed by atoms with Gasteiger partial charge in [0.2, 0.25) is 0 Å². The van der Waals surface area contributed by atoms with Gasteiger partial charge in [0.25, 0.3) is 11.5 Å². The Labute approximate surface area is 161 Å². The van der Waals surface area contributed by atoms with Crippen molar-refractivity contribution in [3.63, 3.8) is 0 Å². The Morgan fingerprint density at radius 3 is 2.68 bits per heavy atom. The van der Waals surface area contributed by atoms with Gasteiger partial charge in [0.05, 0.1) is 28.5 Å². The summed E-state index contributed by atoms with van der Waals surface area (Å²) in [5, 5.41) is 1.45. The molecule has 0 aliphatic heterocycles. The predicted molar refractivity (Wildman–Crippen MR) is 109 cm³/mol. The molecule has 6 nitrogen and oxygen atoms in total. The van der Waals surface area contributed by atoms with E-state index in [-0.39, 0.29) is 24.1 Å². The van der Waals surface area contributed by atoms with Crippen molar-refractivity contribution in [2.75, 3.05) is 0 Å². The Kier molecular flexibility index (Phi) is 4.61. The normalized spacial score (nSPS) is 11.2. The first-order chi connectivity index (χ1) is 13.5. The Balaban J connectivity index is 1.73. The molecule has 0 bridgehead atoms. The minimum absolute atomic E-state index is 0.0803. The summed E-state index contributed by atoms with van der Waals surface area (Å²) in [7, 11) is 0. The van der Waals surface area contributed by atoms with E-state index in [1.807, 2.05) is 44.2 Å². The zero-order valence-corrected chi connectivity index (χ0v) is 15.7. The number of benzene rings is 2. The maximum atomic E-state index is 13.3. The fourth-order valence-corrected chi connectivity index (χ4v) is 3.29. The molecule has 0 saturated carbocycles. The molecule has 2 aromatic heterocycles. The van der Waals surface area contributed by atoms with Crippen LogP contribution in [0, 0.1) is 0 Å². The van der Waals surface area contributed by atoms with Crippen LogP contribution in [-0.4, -0.2) is 31.8 Å². The number of aromatic nitrogens is 3. The summed E-state index contributed by atoms with van der Waals surface area (Å²) in [5.74, 6) is 0.314. The summed E-state index contributed by atoms with van der Waals surface area (Å²) in [6, 6.07) is 16.4. The molecule has 0 unspecified atom stereocenters. The van der Waals surface area contributed by atoms with Crippen LogP contribution in [0.1, 0.15) is 30.0 Å². The summed E-state index contributed by atoms with van der Waals surface area (Å²) < 4.78 is 0. The van der Waals surface area contributed by atoms with E-state index in [2.05, 4.69) is 15.0 Å². The van der Waals surface area contributed by atoms with Crippen LogP contribution in [0.3, 0.4) is 0 Å². The van der Waals surface area contributed by atoms with Gasteiger partial charge in [-0.1, -0.05) is 30.3 Å². The van der Waals surface area contributed by atoms with E-state index in [0.29, 0.717) is 27.8 Å². The van der Waals surface area contributed by atoms with Crippen LogP contribution in [0.4, 0.5) is 0 Å². The van der Waals surface area contributed by atoms with Gasteiger partial charge in [-0.3, -0.25) is 14.6 Å². The molecule has 1 N–H and O–H groups in total. The average molecular weight is 372 g/mol. The summed E-state index contributed by atoms with van der Waals surface area (Å²) >= 11 is 0. The highest BCUT2D eigenvalue weighted by atomic mass is 16.2. The third kappa shape index (κ3) is 3.24. The Morgan fingerprint density at radius 2 is 1.86 bits per heavy atom. The van der Waals surface area contributed by atoms with Gasteiger partial charge in [-0.05, 0) is 38.1 Å². The summed E-state index contributed by atoms with van der Waals surface area (Å²) in [5.41, 5.74) is 1.61. The fraction of sp³-hybridized carbons (Fsp3) is 0.182. The molecule has 6 heteroatoms. The van der Waals surface area contributed by atoms with E-state index < -0.39 is 0 Å². The topological polar surface area (TPSA) is 79.0 Å². The van der Waals surface area contributed by atoms with Gasteiger partial charge in [-0.2, -0.15) is 0 Å². The number of H-pyrrole nitrogens is 1. The zero-order valence-electron chi connectivity index (χ0n) is 15.7. The summed E-state index contributed by atoms with van der Waals surface area (Å²) in [4.78, 5) is 39.1. The maximum Gasteiger partial charge on any atom is 0.258 e. The predicted octanol–water partition coefficient (Wildman–Crippen LogP) is 3.52. The van der Waals surface area contributed by atoms with E-state index >= 15 is 0 Å². The van der Waals surface area contributed by atoms with E-state index in [9.17, 15) is 9.59 Å². The molecule has 4 rings (SSSR count). The lowest BCUT2D eigenvalue weighted by atomic mass is 10.1. The van der Waals surface area contributed by atoms with Crippen LogP contribution >= 0.6 is 0 Å². The van der Waals surface area contributed by atoms with Crippen molar-refractivity contribution in [1.82, 2.24) is 19.9 Å². The van der Waals surface area contributed by atoms with Gasteiger partial charge in [-0.15, -0.1) is 0 Å². The summed E-state index contributed by atoms with van der Waals surface area (Å²) in [6.45, 7) is 4.09. The Morgan fingerprint density at radius 1 is 1.07 bits per heavy atom. The van der Waals surface area contributed by atoms with Crippen molar-refractivity contribution >= 4 is 27.7 Å². The van der Waals surface area contributed by atoms with Crippen molar-refractivity contribution in [1.29, 1.82) is 0 Å². The van der Waals surface area contributed by atoms with Crippen LogP contribution in [0.25, 0.3) is 21.8 Å². The van der Waals surface area contributed by atoms with E-state index in [1.165, 1.54) is 0 Å². The second-order valence-corrected chi connectivity index (χ2v) is 6.94. The minimum atomic E-state index is -0.205. The van der Waals surface area contributed by atoms with Crippen LogP contribution in [0.15, 0.2) is 65.6 Å². The number of nitrogens with zero attached hydrogens (tertiary/aromatic N) is 3. The number of fused-ring (bicyclic) bond motifs is 2. The Bertz CT molecular complexity index is 1220. The lowest BCUT2D eigenvalue weighted by Gasteiger charge is -2.26. The smallest absolute Gasteiger partial charge is 0.258 e. The first kappa shape index (κ1) is 17.9. The van der Waals surface area contributed by atoms with Crippen molar-refractivity contribution in [3.8, 4) is 0 Å². The maximum absolute atomic E-state index is 13.3. The lowest BCUT2D eigenvalue weighted by Crippen LogP contribution is -2.37. The lowest BCUT2D eigenvalue weighted by molar-refractivity contribution is 0.0687. The molecule has 0 radical (unpaired) electrons. The highest BCUT2D eigenvalue weighted by molar-refractivity contribution is 6.05. The van der Waals surface area contributed by atoms with Crippen LogP contribution in [-0.2, 0) is 6.54 Å². The molecule has 1 amide bonds. The standard InChI is InChI=1S/C22H20N4O2/c1-14(2)26(13-19-24-18-11-4-3-9-16(18)21(27)25-19)22(28)17-10-5-7-15-8-6-12-23-20(15)17/h3-12,14H,13H2,1-2H3,(H,24,25,27). The van der Waals surface area contributed by atoms with Gasteiger partial charge < -0.3 is 9.88 Å². The molecule has 0 saturated heterocycles. The summed E-state index contributed by atoms with van der Waals surface area (Å²) in [6.07, 6.45) is 1.68. The van der Waals surface area contributed by atoms with Crippen LogP contribution in [0.5, 0.6) is 0 Å². The number of pyridine rings is 1. The first-order valence-corrected chi connectivity index (χ1v) is 9.17. The third-order valence-corrected chi connectivity index (χ3v) is 4.73. The van der Waals surface area contributed by atoms with Crippen molar-refractivity contribution in [2.24, 2.45) is 0 Å². The third-order valence-electron chi connectivity index (χ3n) is 4.73. The van der Waals surface area contributed by atoms with E-state index in [0.717, 1.165) is 5.39 Å². The molecule has 4 aromatic rings. The van der Waals surface area contributed by atoms with Crippen molar-refractivity contribution in [2.45, 2.75) is 26.4 Å². The monoisotopic (exact) mass is 372 g/mol. The fourth-order valence-electron chi connectivity index (χ4n) is 3.29. The molecular formula is C22H20N4O2. The molecule has 2 heterocycles. The highest BCUT2D eigenvalue weighted by Crippen LogP contribution is 2.20. The molecule has 0 atom stereocenters. The van der Waals surface area contributed by atoms with Gasteiger partial charge in [0.15, 0.2) is 0 Å². The second-order valence-electron chi connectivity index (χ2n) is 6.94. The molecule has 140 valence electrons. The number of nitrogens with one attached hydrogen (secondary N) is 1. The zero-order chi connectivity index (χ0) is 19.7. The van der Waals surface area contributed by atoms with Gasteiger partial charge in [0.1, 0.15) is 5.82 Å². The SMILES string of the molecule is CC(C)N(Cc1nc2ccccc2c(=O)[nH]1)C(=O)c1cccc2cccnc12. The second kappa shape index (κ2) is 7.23. The van der Waals surface area contributed by atoms with Crippen LogP contribution < -0.4 is 5.56 Å². The van der Waals surface area contributed by atoms with E-state index in [1.54, 1.807) is 35.4 Å². The average Bonchev–Trinajstić information content (AvgIpc) is 2.71. The van der Waals surface area contributed by atoms with Gasteiger partial charge in [0, 0.05) is 17.6 Å². The van der Waals surface area contributed by atoms with Crippen molar-refractivity contribution < 1.29 is 4.79 Å². The largest absolute Gasteiger partial charge is 0.329 e. The highest BCUT2D eigenvalue weighted by Gasteiger charge is 2.22.